The first-order valence-electron chi connectivity index (χ1n) is 9.25. The predicted molar refractivity (Wildman–Crippen MR) is 95.1 cm³/mol. The molecule has 4 rings (SSSR count). The standard InChI is InChI=1S/C18H26N6O/c1-14(15-5-6-15)24-17(7-9-20-24)21-18(25)13-22-10-2-4-16(22)12-23-11-3-8-19-23/h3,7-9,11,14-16H,2,4-6,10,12-13H2,1H3,(H,21,25)/t14-,16+/m1/s1. The Labute approximate surface area is 148 Å². The first kappa shape index (κ1) is 16.3. The van der Waals surface area contributed by atoms with E-state index in [4.69, 9.17) is 0 Å². The van der Waals surface area contributed by atoms with Gasteiger partial charge in [-0.05, 0) is 51.1 Å². The molecule has 1 saturated carbocycles. The van der Waals surface area contributed by atoms with Crippen molar-refractivity contribution < 1.29 is 4.79 Å². The molecule has 3 heterocycles. The van der Waals surface area contributed by atoms with Crippen molar-refractivity contribution in [3.63, 3.8) is 0 Å². The second-order valence-electron chi connectivity index (χ2n) is 7.28. The molecule has 0 unspecified atom stereocenters. The van der Waals surface area contributed by atoms with Gasteiger partial charge >= 0.3 is 0 Å². The summed E-state index contributed by atoms with van der Waals surface area (Å²) in [5.41, 5.74) is 0. The third-order valence-electron chi connectivity index (χ3n) is 5.43. The van der Waals surface area contributed by atoms with E-state index in [0.717, 1.165) is 31.7 Å². The average Bonchev–Trinajstić information content (AvgIpc) is 2.97. The Balaban J connectivity index is 1.35. The van der Waals surface area contributed by atoms with Gasteiger partial charge in [0.25, 0.3) is 0 Å². The lowest BCUT2D eigenvalue weighted by molar-refractivity contribution is -0.117. The minimum Gasteiger partial charge on any atom is -0.310 e. The summed E-state index contributed by atoms with van der Waals surface area (Å²) in [5.74, 6) is 1.55. The molecular formula is C18H26N6O. The number of nitrogens with zero attached hydrogens (tertiary/aromatic N) is 5. The zero-order chi connectivity index (χ0) is 17.2. The fraction of sp³-hybridized carbons (Fsp3) is 0.611. The monoisotopic (exact) mass is 342 g/mol. The molecule has 2 fully saturated rings. The van der Waals surface area contributed by atoms with Crippen molar-refractivity contribution in [3.05, 3.63) is 30.7 Å². The van der Waals surface area contributed by atoms with E-state index in [-0.39, 0.29) is 5.91 Å². The third kappa shape index (κ3) is 3.76. The number of hydrogen-bond donors (Lipinski definition) is 1. The van der Waals surface area contributed by atoms with Crippen molar-refractivity contribution in [2.45, 2.75) is 51.2 Å². The van der Waals surface area contributed by atoms with E-state index in [1.807, 2.05) is 27.7 Å². The maximum absolute atomic E-state index is 12.6. The van der Waals surface area contributed by atoms with Gasteiger partial charge in [-0.25, -0.2) is 4.68 Å². The number of hydrogen-bond acceptors (Lipinski definition) is 4. The summed E-state index contributed by atoms with van der Waals surface area (Å²) in [6.07, 6.45) is 10.3. The van der Waals surface area contributed by atoms with Crippen LogP contribution in [0.3, 0.4) is 0 Å². The fourth-order valence-corrected chi connectivity index (χ4v) is 3.82. The van der Waals surface area contributed by atoms with Crippen molar-refractivity contribution in [1.82, 2.24) is 24.5 Å². The Kier molecular flexibility index (Phi) is 4.57. The van der Waals surface area contributed by atoms with Gasteiger partial charge in [0, 0.05) is 24.5 Å². The first-order valence-corrected chi connectivity index (χ1v) is 9.25. The molecule has 1 aliphatic carbocycles. The second kappa shape index (κ2) is 7.00. The van der Waals surface area contributed by atoms with E-state index in [9.17, 15) is 4.79 Å². The SMILES string of the molecule is C[C@H](C1CC1)n1nccc1NC(=O)CN1CCC[C@H]1Cn1cccn1. The van der Waals surface area contributed by atoms with Crippen molar-refractivity contribution in [2.24, 2.45) is 5.92 Å². The minimum atomic E-state index is 0.0390. The predicted octanol–water partition coefficient (Wildman–Crippen LogP) is 2.15. The van der Waals surface area contributed by atoms with Crippen LogP contribution in [0.25, 0.3) is 0 Å². The van der Waals surface area contributed by atoms with Crippen molar-refractivity contribution >= 4 is 11.7 Å². The number of aromatic nitrogens is 4. The summed E-state index contributed by atoms with van der Waals surface area (Å²) in [5, 5.41) is 11.7. The Hall–Kier alpha value is -2.15. The van der Waals surface area contributed by atoms with E-state index < -0.39 is 0 Å². The normalized spacial score (nSPS) is 22.2. The number of anilines is 1. The zero-order valence-electron chi connectivity index (χ0n) is 14.7. The van der Waals surface area contributed by atoms with Crippen LogP contribution >= 0.6 is 0 Å². The Bertz CT molecular complexity index is 705. The molecule has 2 aromatic rings. The number of likely N-dealkylation sites (tertiary alicyclic amines) is 1. The van der Waals surface area contributed by atoms with Crippen molar-refractivity contribution in [2.75, 3.05) is 18.4 Å². The highest BCUT2D eigenvalue weighted by atomic mass is 16.2. The van der Waals surface area contributed by atoms with Gasteiger partial charge < -0.3 is 5.32 Å². The van der Waals surface area contributed by atoms with Crippen LogP contribution in [0, 0.1) is 5.92 Å². The smallest absolute Gasteiger partial charge is 0.239 e. The van der Waals surface area contributed by atoms with Gasteiger partial charge in [-0.15, -0.1) is 0 Å². The van der Waals surface area contributed by atoms with Gasteiger partial charge in [0.15, 0.2) is 0 Å². The maximum Gasteiger partial charge on any atom is 0.239 e. The number of amides is 1. The largest absolute Gasteiger partial charge is 0.310 e. The molecule has 134 valence electrons. The van der Waals surface area contributed by atoms with Crippen LogP contribution in [0.2, 0.25) is 0 Å². The summed E-state index contributed by atoms with van der Waals surface area (Å²) in [4.78, 5) is 14.8. The van der Waals surface area contributed by atoms with E-state index in [2.05, 4.69) is 27.3 Å². The quantitative estimate of drug-likeness (QED) is 0.837. The molecule has 7 nitrogen and oxygen atoms in total. The number of nitrogens with one attached hydrogen (secondary N) is 1. The summed E-state index contributed by atoms with van der Waals surface area (Å²) in [6.45, 7) is 4.42. The Morgan fingerprint density at radius 2 is 2.20 bits per heavy atom. The van der Waals surface area contributed by atoms with Gasteiger partial charge in [-0.2, -0.15) is 10.2 Å². The molecule has 1 amide bonds. The molecule has 2 atom stereocenters. The molecule has 2 aromatic heterocycles. The highest BCUT2D eigenvalue weighted by molar-refractivity contribution is 5.91. The van der Waals surface area contributed by atoms with Gasteiger partial charge in [-0.1, -0.05) is 0 Å². The molecule has 1 aliphatic heterocycles. The van der Waals surface area contributed by atoms with E-state index in [1.54, 1.807) is 12.4 Å². The van der Waals surface area contributed by atoms with Crippen LogP contribution in [0.5, 0.6) is 0 Å². The summed E-state index contributed by atoms with van der Waals surface area (Å²) in [6, 6.07) is 4.56. The number of rotatable bonds is 7. The molecule has 0 radical (unpaired) electrons. The van der Waals surface area contributed by atoms with E-state index in [1.165, 1.54) is 12.8 Å². The van der Waals surface area contributed by atoms with Gasteiger partial charge in [-0.3, -0.25) is 14.4 Å². The molecule has 0 bridgehead atoms. The van der Waals surface area contributed by atoms with Crippen LogP contribution in [-0.4, -0.2) is 49.5 Å². The van der Waals surface area contributed by atoms with Crippen molar-refractivity contribution in [1.29, 1.82) is 0 Å². The van der Waals surface area contributed by atoms with Gasteiger partial charge in [0.05, 0.1) is 25.3 Å². The molecule has 1 saturated heterocycles. The maximum atomic E-state index is 12.6. The zero-order valence-corrected chi connectivity index (χ0v) is 14.7. The topological polar surface area (TPSA) is 68.0 Å². The highest BCUT2D eigenvalue weighted by Gasteiger charge is 2.31. The molecule has 0 spiro atoms. The molecular weight excluding hydrogens is 316 g/mol. The average molecular weight is 342 g/mol. The van der Waals surface area contributed by atoms with Crippen molar-refractivity contribution in [3.8, 4) is 0 Å². The van der Waals surface area contributed by atoms with E-state index >= 15 is 0 Å². The minimum absolute atomic E-state index is 0.0390. The Morgan fingerprint density at radius 3 is 2.96 bits per heavy atom. The van der Waals surface area contributed by atoms with Crippen LogP contribution in [-0.2, 0) is 11.3 Å². The van der Waals surface area contributed by atoms with Crippen LogP contribution in [0.1, 0.15) is 38.6 Å². The van der Waals surface area contributed by atoms with Crippen LogP contribution < -0.4 is 5.32 Å². The van der Waals surface area contributed by atoms with E-state index in [0.29, 0.717) is 24.5 Å². The lowest BCUT2D eigenvalue weighted by Crippen LogP contribution is -2.39. The molecule has 0 aromatic carbocycles. The summed E-state index contributed by atoms with van der Waals surface area (Å²) >= 11 is 0. The summed E-state index contributed by atoms with van der Waals surface area (Å²) < 4.78 is 3.91. The lowest BCUT2D eigenvalue weighted by Gasteiger charge is -2.24. The highest BCUT2D eigenvalue weighted by Crippen LogP contribution is 2.40. The molecule has 25 heavy (non-hydrogen) atoms. The second-order valence-corrected chi connectivity index (χ2v) is 7.28. The van der Waals surface area contributed by atoms with Crippen LogP contribution in [0.15, 0.2) is 30.7 Å². The molecule has 1 N–H and O–H groups in total. The number of carbonyl (C=O) groups excluding carboxylic acids is 1. The van der Waals surface area contributed by atoms with Gasteiger partial charge in [0.2, 0.25) is 5.91 Å². The molecule has 2 aliphatic rings. The number of carbonyl (C=O) groups is 1. The van der Waals surface area contributed by atoms with Crippen LogP contribution in [0.4, 0.5) is 5.82 Å². The third-order valence-corrected chi connectivity index (χ3v) is 5.43. The fourth-order valence-electron chi connectivity index (χ4n) is 3.82. The Morgan fingerprint density at radius 1 is 1.32 bits per heavy atom. The first-order chi connectivity index (χ1) is 12.2. The molecule has 7 heteroatoms. The lowest BCUT2D eigenvalue weighted by atomic mass is 10.2. The summed E-state index contributed by atoms with van der Waals surface area (Å²) in [7, 11) is 0. The van der Waals surface area contributed by atoms with Gasteiger partial charge in [0.1, 0.15) is 5.82 Å².